The van der Waals surface area contributed by atoms with Crippen LogP contribution in [0.2, 0.25) is 0 Å². The average Bonchev–Trinajstić information content (AvgIpc) is 1.70. The zero-order chi connectivity index (χ0) is 9.91. The molecule has 0 aromatic heterocycles. The van der Waals surface area contributed by atoms with Crippen molar-refractivity contribution in [2.75, 3.05) is 6.26 Å². The number of hydrogen-bond acceptors (Lipinski definition) is 3. The molecule has 2 bridgehead atoms. The Morgan fingerprint density at radius 1 is 1.38 bits per heavy atom. The van der Waals surface area contributed by atoms with Crippen LogP contribution in [0.5, 0.6) is 0 Å². The lowest BCUT2D eigenvalue weighted by Crippen LogP contribution is -2.80. The number of sulfone groups is 1. The Labute approximate surface area is 76.0 Å². The maximum atomic E-state index is 11.2. The molecule has 3 aliphatic carbocycles. The van der Waals surface area contributed by atoms with Gasteiger partial charge in [-0.1, -0.05) is 0 Å². The van der Waals surface area contributed by atoms with Crippen molar-refractivity contribution in [3.05, 3.63) is 0 Å². The van der Waals surface area contributed by atoms with E-state index in [1.54, 1.807) is 0 Å². The van der Waals surface area contributed by atoms with E-state index in [4.69, 9.17) is 5.11 Å². The Morgan fingerprint density at radius 2 is 1.85 bits per heavy atom. The van der Waals surface area contributed by atoms with Gasteiger partial charge in [-0.25, -0.2) is 13.2 Å². The molecule has 0 atom stereocenters. The highest BCUT2D eigenvalue weighted by Crippen LogP contribution is 2.64. The van der Waals surface area contributed by atoms with Crippen LogP contribution >= 0.6 is 0 Å². The molecule has 0 unspecified atom stereocenters. The Balaban J connectivity index is 2.05. The van der Waals surface area contributed by atoms with Crippen molar-refractivity contribution in [1.82, 2.24) is 5.32 Å². The molecule has 0 spiro atoms. The van der Waals surface area contributed by atoms with Gasteiger partial charge in [0.1, 0.15) is 0 Å². The molecular weight excluding hydrogens is 194 g/mol. The predicted molar refractivity (Wildman–Crippen MR) is 45.3 cm³/mol. The van der Waals surface area contributed by atoms with Crippen LogP contribution in [0.4, 0.5) is 4.79 Å². The minimum Gasteiger partial charge on any atom is -0.465 e. The van der Waals surface area contributed by atoms with Crippen molar-refractivity contribution in [1.29, 1.82) is 0 Å². The lowest BCUT2D eigenvalue weighted by Gasteiger charge is -2.68. The van der Waals surface area contributed by atoms with Crippen molar-refractivity contribution in [2.24, 2.45) is 0 Å². The first kappa shape index (κ1) is 8.80. The molecule has 0 heterocycles. The predicted octanol–water partition coefficient (Wildman–Crippen LogP) is -0.0263. The van der Waals surface area contributed by atoms with E-state index < -0.39 is 26.2 Å². The highest BCUT2D eigenvalue weighted by Gasteiger charge is 2.73. The van der Waals surface area contributed by atoms with Gasteiger partial charge in [0.25, 0.3) is 0 Å². The first-order chi connectivity index (χ1) is 5.79. The summed E-state index contributed by atoms with van der Waals surface area (Å²) < 4.78 is 21.9. The van der Waals surface area contributed by atoms with Crippen LogP contribution in [0.3, 0.4) is 0 Å². The van der Waals surface area contributed by atoms with Gasteiger partial charge >= 0.3 is 6.09 Å². The molecule has 0 radical (unpaired) electrons. The number of carbonyl (C=O) groups is 1. The second-order valence-electron chi connectivity index (χ2n) is 4.20. The molecule has 0 aromatic carbocycles. The largest absolute Gasteiger partial charge is 0.465 e. The quantitative estimate of drug-likeness (QED) is 0.663. The Bertz CT molecular complexity index is 352. The zero-order valence-corrected chi connectivity index (χ0v) is 8.02. The van der Waals surface area contributed by atoms with Crippen LogP contribution in [0.25, 0.3) is 0 Å². The number of rotatable bonds is 2. The molecule has 0 aromatic rings. The SMILES string of the molecule is CS(=O)(=O)C12CC(NC(=O)O)(C1)C2. The summed E-state index contributed by atoms with van der Waals surface area (Å²) in [5, 5.41) is 10.8. The van der Waals surface area contributed by atoms with Crippen LogP contribution in [0, 0.1) is 0 Å². The summed E-state index contributed by atoms with van der Waals surface area (Å²) in [6, 6.07) is 0. The maximum absolute atomic E-state index is 11.2. The maximum Gasteiger partial charge on any atom is 0.405 e. The van der Waals surface area contributed by atoms with Gasteiger partial charge in [-0.2, -0.15) is 0 Å². The molecule has 0 aliphatic heterocycles. The Morgan fingerprint density at radius 3 is 2.15 bits per heavy atom. The van der Waals surface area contributed by atoms with Crippen molar-refractivity contribution in [3.8, 4) is 0 Å². The first-order valence-electron chi connectivity index (χ1n) is 3.99. The van der Waals surface area contributed by atoms with E-state index in [9.17, 15) is 13.2 Å². The number of amides is 1. The smallest absolute Gasteiger partial charge is 0.405 e. The number of nitrogens with one attached hydrogen (secondary N) is 1. The third kappa shape index (κ3) is 0.979. The average molecular weight is 205 g/mol. The molecule has 0 saturated heterocycles. The second-order valence-corrected chi connectivity index (χ2v) is 6.61. The molecule has 2 N–H and O–H groups in total. The van der Waals surface area contributed by atoms with Crippen LogP contribution in [-0.2, 0) is 9.84 Å². The number of carboxylic acid groups (broad SMARTS) is 1. The third-order valence-electron chi connectivity index (χ3n) is 3.14. The summed E-state index contributed by atoms with van der Waals surface area (Å²) in [6.07, 6.45) is 1.50. The van der Waals surface area contributed by atoms with Gasteiger partial charge in [0.2, 0.25) is 0 Å². The van der Waals surface area contributed by atoms with Crippen LogP contribution < -0.4 is 5.32 Å². The summed E-state index contributed by atoms with van der Waals surface area (Å²) in [4.78, 5) is 10.3. The zero-order valence-electron chi connectivity index (χ0n) is 7.20. The summed E-state index contributed by atoms with van der Waals surface area (Å²) in [6.45, 7) is 0. The van der Waals surface area contributed by atoms with E-state index in [0.717, 1.165) is 0 Å². The van der Waals surface area contributed by atoms with Gasteiger partial charge in [-0.05, 0) is 19.3 Å². The van der Waals surface area contributed by atoms with Gasteiger partial charge in [0.15, 0.2) is 9.84 Å². The number of hydrogen-bond donors (Lipinski definition) is 2. The van der Waals surface area contributed by atoms with Crippen molar-refractivity contribution >= 4 is 15.9 Å². The van der Waals surface area contributed by atoms with Crippen molar-refractivity contribution in [2.45, 2.75) is 29.5 Å². The van der Waals surface area contributed by atoms with E-state index in [1.165, 1.54) is 6.26 Å². The van der Waals surface area contributed by atoms with Crippen LogP contribution in [0.1, 0.15) is 19.3 Å². The van der Waals surface area contributed by atoms with Gasteiger partial charge in [0.05, 0.1) is 4.75 Å². The lowest BCUT2D eigenvalue weighted by molar-refractivity contribution is -0.0202. The molecule has 1 amide bonds. The van der Waals surface area contributed by atoms with Crippen LogP contribution in [-0.4, -0.2) is 36.2 Å². The summed E-state index contributed by atoms with van der Waals surface area (Å²) >= 11 is 0. The van der Waals surface area contributed by atoms with E-state index in [1.807, 2.05) is 0 Å². The summed E-state index contributed by atoms with van der Waals surface area (Å²) in [5.41, 5.74) is -0.422. The highest BCUT2D eigenvalue weighted by molar-refractivity contribution is 7.92. The van der Waals surface area contributed by atoms with Gasteiger partial charge in [-0.3, -0.25) is 0 Å². The summed E-state index contributed by atoms with van der Waals surface area (Å²) in [7, 11) is -3.01. The molecule has 5 nitrogen and oxygen atoms in total. The molecular formula is C7H11NO4S. The first-order valence-corrected chi connectivity index (χ1v) is 5.89. The fourth-order valence-corrected chi connectivity index (χ4v) is 4.06. The van der Waals surface area contributed by atoms with Crippen molar-refractivity contribution < 1.29 is 18.3 Å². The standard InChI is InChI=1S/C7H11NO4S/c1-13(11,12)7-2-6(3-7,4-7)8-5(9)10/h8H,2-4H2,1H3,(H,9,10). The third-order valence-corrected chi connectivity index (χ3v) is 5.15. The minimum absolute atomic E-state index is 0.422. The molecule has 74 valence electrons. The highest BCUT2D eigenvalue weighted by atomic mass is 32.2. The molecule has 3 fully saturated rings. The fourth-order valence-electron chi connectivity index (χ4n) is 2.45. The van der Waals surface area contributed by atoms with Gasteiger partial charge < -0.3 is 10.4 Å². The monoisotopic (exact) mass is 205 g/mol. The minimum atomic E-state index is -3.01. The molecule has 3 rings (SSSR count). The van der Waals surface area contributed by atoms with Gasteiger partial charge in [0, 0.05) is 11.8 Å². The van der Waals surface area contributed by atoms with Gasteiger partial charge in [-0.15, -0.1) is 0 Å². The normalized spacial score (nSPS) is 41.6. The molecule has 3 saturated carbocycles. The Hall–Kier alpha value is -0.780. The topological polar surface area (TPSA) is 83.5 Å². The Kier molecular flexibility index (Phi) is 1.35. The van der Waals surface area contributed by atoms with Crippen molar-refractivity contribution in [3.63, 3.8) is 0 Å². The van der Waals surface area contributed by atoms with Crippen LogP contribution in [0.15, 0.2) is 0 Å². The molecule has 13 heavy (non-hydrogen) atoms. The lowest BCUT2D eigenvalue weighted by atomic mass is 9.49. The molecule has 3 aliphatic rings. The second kappa shape index (κ2) is 2.00. The molecule has 6 heteroatoms. The van der Waals surface area contributed by atoms with E-state index in [2.05, 4.69) is 5.32 Å². The van der Waals surface area contributed by atoms with E-state index >= 15 is 0 Å². The van der Waals surface area contributed by atoms with E-state index in [0.29, 0.717) is 19.3 Å². The summed E-state index contributed by atoms with van der Waals surface area (Å²) in [5.74, 6) is 0. The van der Waals surface area contributed by atoms with E-state index in [-0.39, 0.29) is 0 Å². The fraction of sp³-hybridized carbons (Fsp3) is 0.857.